The Morgan fingerprint density at radius 3 is 2.55 bits per heavy atom. The van der Waals surface area contributed by atoms with E-state index in [1.165, 1.54) is 0 Å². The van der Waals surface area contributed by atoms with Crippen molar-refractivity contribution in [3.63, 3.8) is 0 Å². The zero-order valence-electron chi connectivity index (χ0n) is 11.5. The number of hydrogen-bond donors (Lipinski definition) is 2. The van der Waals surface area contributed by atoms with Gasteiger partial charge in [0.25, 0.3) is 0 Å². The molecule has 0 spiro atoms. The van der Waals surface area contributed by atoms with Crippen molar-refractivity contribution in [2.75, 3.05) is 13.6 Å². The lowest BCUT2D eigenvalue weighted by atomic mass is 9.82. The van der Waals surface area contributed by atoms with E-state index in [1.54, 1.807) is 11.9 Å². The molecular formula is C14H20N2O4. The Morgan fingerprint density at radius 2 is 1.95 bits per heavy atom. The van der Waals surface area contributed by atoms with Gasteiger partial charge in [0, 0.05) is 26.1 Å². The summed E-state index contributed by atoms with van der Waals surface area (Å²) in [5.41, 5.74) is 0. The summed E-state index contributed by atoms with van der Waals surface area (Å²) < 4.78 is 0. The average molecular weight is 280 g/mol. The number of allylic oxidation sites excluding steroid dienone is 2. The Labute approximate surface area is 117 Å². The van der Waals surface area contributed by atoms with Crippen LogP contribution in [0.2, 0.25) is 0 Å². The first-order valence-corrected chi connectivity index (χ1v) is 6.91. The van der Waals surface area contributed by atoms with Crippen LogP contribution in [-0.2, 0) is 14.4 Å². The largest absolute Gasteiger partial charge is 0.481 e. The van der Waals surface area contributed by atoms with Crippen LogP contribution in [0, 0.1) is 11.8 Å². The smallest absolute Gasteiger partial charge is 0.307 e. The monoisotopic (exact) mass is 280 g/mol. The lowest BCUT2D eigenvalue weighted by Gasteiger charge is -2.32. The van der Waals surface area contributed by atoms with E-state index in [2.05, 4.69) is 5.32 Å². The average Bonchev–Trinajstić information content (AvgIpc) is 2.43. The second-order valence-corrected chi connectivity index (χ2v) is 5.51. The number of carboxylic acids is 1. The fourth-order valence-corrected chi connectivity index (χ4v) is 2.82. The third-order valence-electron chi connectivity index (χ3n) is 4.06. The number of aliphatic carboxylic acids is 1. The topological polar surface area (TPSA) is 86.7 Å². The van der Waals surface area contributed by atoms with Gasteiger partial charge in [-0.05, 0) is 19.3 Å². The van der Waals surface area contributed by atoms with E-state index < -0.39 is 17.8 Å². The number of carbonyl (C=O) groups excluding carboxylic acids is 2. The van der Waals surface area contributed by atoms with E-state index in [9.17, 15) is 19.5 Å². The maximum atomic E-state index is 12.3. The highest BCUT2D eigenvalue weighted by molar-refractivity contribution is 5.85. The lowest BCUT2D eigenvalue weighted by molar-refractivity contribution is -0.147. The number of likely N-dealkylation sites (N-methyl/N-ethyl adjacent to an activating group) is 1. The molecule has 6 nitrogen and oxygen atoms in total. The minimum Gasteiger partial charge on any atom is -0.481 e. The van der Waals surface area contributed by atoms with E-state index in [0.717, 1.165) is 0 Å². The van der Waals surface area contributed by atoms with Crippen molar-refractivity contribution in [3.05, 3.63) is 12.2 Å². The van der Waals surface area contributed by atoms with Gasteiger partial charge in [-0.1, -0.05) is 12.2 Å². The molecule has 110 valence electrons. The Morgan fingerprint density at radius 1 is 1.30 bits per heavy atom. The predicted octanol–water partition coefficient (Wildman–Crippen LogP) is 0.390. The van der Waals surface area contributed by atoms with Crippen LogP contribution < -0.4 is 5.32 Å². The summed E-state index contributed by atoms with van der Waals surface area (Å²) in [5.74, 6) is -2.22. The Bertz CT molecular complexity index is 446. The molecule has 1 heterocycles. The fourth-order valence-electron chi connectivity index (χ4n) is 2.82. The van der Waals surface area contributed by atoms with Gasteiger partial charge < -0.3 is 15.3 Å². The molecule has 0 saturated carbocycles. The Kier molecular flexibility index (Phi) is 4.42. The van der Waals surface area contributed by atoms with Crippen LogP contribution in [0.4, 0.5) is 0 Å². The van der Waals surface area contributed by atoms with Gasteiger partial charge in [-0.2, -0.15) is 0 Å². The van der Waals surface area contributed by atoms with Crippen molar-refractivity contribution >= 4 is 17.8 Å². The number of carboxylic acid groups (broad SMARTS) is 1. The third-order valence-corrected chi connectivity index (χ3v) is 4.06. The van der Waals surface area contributed by atoms with Crippen LogP contribution >= 0.6 is 0 Å². The molecule has 2 N–H and O–H groups in total. The minimum absolute atomic E-state index is 0.0782. The molecule has 1 fully saturated rings. The van der Waals surface area contributed by atoms with Crippen molar-refractivity contribution in [2.24, 2.45) is 11.8 Å². The molecule has 20 heavy (non-hydrogen) atoms. The Hall–Kier alpha value is -1.85. The Balaban J connectivity index is 1.95. The van der Waals surface area contributed by atoms with E-state index in [4.69, 9.17) is 0 Å². The van der Waals surface area contributed by atoms with Gasteiger partial charge >= 0.3 is 5.97 Å². The summed E-state index contributed by atoms with van der Waals surface area (Å²) in [4.78, 5) is 36.4. The second kappa shape index (κ2) is 6.07. The van der Waals surface area contributed by atoms with Crippen molar-refractivity contribution in [3.8, 4) is 0 Å². The van der Waals surface area contributed by atoms with E-state index in [1.807, 2.05) is 12.2 Å². The lowest BCUT2D eigenvalue weighted by Crippen LogP contribution is -2.51. The van der Waals surface area contributed by atoms with Crippen molar-refractivity contribution in [1.82, 2.24) is 10.2 Å². The van der Waals surface area contributed by atoms with Crippen LogP contribution in [0.25, 0.3) is 0 Å². The molecule has 1 saturated heterocycles. The predicted molar refractivity (Wildman–Crippen MR) is 71.8 cm³/mol. The molecule has 0 radical (unpaired) electrons. The summed E-state index contributed by atoms with van der Waals surface area (Å²) in [5, 5.41) is 12.1. The van der Waals surface area contributed by atoms with Crippen LogP contribution in [0.15, 0.2) is 12.2 Å². The molecule has 0 aromatic rings. The summed E-state index contributed by atoms with van der Waals surface area (Å²) in [6.07, 6.45) is 5.58. The zero-order valence-corrected chi connectivity index (χ0v) is 11.5. The summed E-state index contributed by atoms with van der Waals surface area (Å²) >= 11 is 0. The summed E-state index contributed by atoms with van der Waals surface area (Å²) in [6.45, 7) is 0.491. The molecular weight excluding hydrogens is 260 g/mol. The van der Waals surface area contributed by atoms with Crippen molar-refractivity contribution in [2.45, 2.75) is 31.7 Å². The number of nitrogens with one attached hydrogen (secondary N) is 1. The molecule has 0 aromatic carbocycles. The molecule has 1 aliphatic carbocycles. The van der Waals surface area contributed by atoms with Crippen LogP contribution in [0.5, 0.6) is 0 Å². The normalized spacial score (nSPS) is 30.1. The first kappa shape index (κ1) is 14.6. The first-order chi connectivity index (χ1) is 9.49. The highest BCUT2D eigenvalue weighted by Gasteiger charge is 2.35. The van der Waals surface area contributed by atoms with Gasteiger partial charge in [0.1, 0.15) is 0 Å². The molecule has 1 aliphatic heterocycles. The van der Waals surface area contributed by atoms with Gasteiger partial charge in [0.05, 0.1) is 11.8 Å². The maximum Gasteiger partial charge on any atom is 0.307 e. The summed E-state index contributed by atoms with van der Waals surface area (Å²) in [7, 11) is 1.71. The minimum atomic E-state index is -0.926. The first-order valence-electron chi connectivity index (χ1n) is 6.91. The highest BCUT2D eigenvalue weighted by atomic mass is 16.4. The van der Waals surface area contributed by atoms with Gasteiger partial charge in [0.15, 0.2) is 0 Å². The van der Waals surface area contributed by atoms with Gasteiger partial charge in [-0.15, -0.1) is 0 Å². The number of carbonyl (C=O) groups is 3. The molecule has 2 aliphatic rings. The van der Waals surface area contributed by atoms with E-state index in [-0.39, 0.29) is 17.9 Å². The second-order valence-electron chi connectivity index (χ2n) is 5.51. The van der Waals surface area contributed by atoms with Gasteiger partial charge in [-0.25, -0.2) is 0 Å². The van der Waals surface area contributed by atoms with Crippen LogP contribution in [0.1, 0.15) is 25.7 Å². The zero-order chi connectivity index (χ0) is 14.7. The molecule has 3 unspecified atom stereocenters. The van der Waals surface area contributed by atoms with Crippen LogP contribution in [0.3, 0.4) is 0 Å². The summed E-state index contributed by atoms with van der Waals surface area (Å²) in [6, 6.07) is -0.0782. The number of hydrogen-bond acceptors (Lipinski definition) is 3. The quantitative estimate of drug-likeness (QED) is 0.732. The number of rotatable bonds is 3. The molecule has 6 heteroatoms. The van der Waals surface area contributed by atoms with Crippen molar-refractivity contribution < 1.29 is 19.5 Å². The number of amides is 2. The van der Waals surface area contributed by atoms with E-state index in [0.29, 0.717) is 32.2 Å². The number of likely N-dealkylation sites (tertiary alicyclic amines) is 1. The molecule has 2 amide bonds. The number of nitrogens with zero attached hydrogens (tertiary/aromatic N) is 1. The van der Waals surface area contributed by atoms with E-state index >= 15 is 0 Å². The van der Waals surface area contributed by atoms with Crippen LogP contribution in [-0.4, -0.2) is 47.4 Å². The van der Waals surface area contributed by atoms with Gasteiger partial charge in [-0.3, -0.25) is 14.4 Å². The van der Waals surface area contributed by atoms with Crippen molar-refractivity contribution in [1.29, 1.82) is 0 Å². The highest BCUT2D eigenvalue weighted by Crippen LogP contribution is 2.26. The molecule has 2 rings (SSSR count). The molecule has 0 bridgehead atoms. The standard InChI is InChI=1S/C14H20N2O4/c1-16-8-9(6-7-12(16)17)15-13(18)10-4-2-3-5-11(10)14(19)20/h2-3,9-11H,4-8H2,1H3,(H,15,18)(H,19,20). The third kappa shape index (κ3) is 3.18. The SMILES string of the molecule is CN1CC(NC(=O)C2CC=CCC2C(=O)O)CCC1=O. The molecule has 3 atom stereocenters. The fraction of sp³-hybridized carbons (Fsp3) is 0.643. The molecule has 0 aromatic heterocycles. The maximum absolute atomic E-state index is 12.3. The number of piperidine rings is 1. The van der Waals surface area contributed by atoms with Gasteiger partial charge in [0.2, 0.25) is 11.8 Å².